The molecule has 1 atom stereocenters. The van der Waals surface area contributed by atoms with Crippen LogP contribution in [-0.4, -0.2) is 18.8 Å². The molecule has 2 nitrogen and oxygen atoms in total. The smallest absolute Gasteiger partial charge is 0.126 e. The van der Waals surface area contributed by atoms with E-state index in [1.807, 2.05) is 20.8 Å². The topological polar surface area (TPSA) is 29.5 Å². The standard InChI is InChI=1S/C12H17BrO2/c1-7-5-10(8(2)6-14)12(15-4)9(3)11(7)13/h5,8,14H,6H2,1-4H3. The van der Waals surface area contributed by atoms with Crippen molar-refractivity contribution in [1.82, 2.24) is 0 Å². The predicted octanol–water partition coefficient (Wildman–Crippen LogP) is 3.17. The molecule has 1 aromatic rings. The van der Waals surface area contributed by atoms with Gasteiger partial charge in [-0.15, -0.1) is 0 Å². The molecule has 84 valence electrons. The van der Waals surface area contributed by atoms with Gasteiger partial charge in [0, 0.05) is 22.6 Å². The number of benzene rings is 1. The lowest BCUT2D eigenvalue weighted by atomic mass is 9.96. The lowest BCUT2D eigenvalue weighted by molar-refractivity contribution is 0.269. The molecule has 0 saturated heterocycles. The van der Waals surface area contributed by atoms with Gasteiger partial charge in [-0.05, 0) is 25.0 Å². The highest BCUT2D eigenvalue weighted by atomic mass is 79.9. The lowest BCUT2D eigenvalue weighted by Crippen LogP contribution is -2.04. The number of aliphatic hydroxyl groups is 1. The van der Waals surface area contributed by atoms with E-state index < -0.39 is 0 Å². The number of aryl methyl sites for hydroxylation is 1. The Balaban J connectivity index is 3.38. The highest BCUT2D eigenvalue weighted by molar-refractivity contribution is 9.10. The van der Waals surface area contributed by atoms with Crippen molar-refractivity contribution in [3.05, 3.63) is 27.2 Å². The van der Waals surface area contributed by atoms with Crippen LogP contribution in [0.25, 0.3) is 0 Å². The van der Waals surface area contributed by atoms with Crippen LogP contribution in [0, 0.1) is 13.8 Å². The van der Waals surface area contributed by atoms with Crippen LogP contribution in [0.1, 0.15) is 29.5 Å². The summed E-state index contributed by atoms with van der Waals surface area (Å²) in [6.45, 7) is 6.19. The summed E-state index contributed by atoms with van der Waals surface area (Å²) >= 11 is 3.53. The van der Waals surface area contributed by atoms with Gasteiger partial charge >= 0.3 is 0 Å². The van der Waals surface area contributed by atoms with Crippen LogP contribution in [0.3, 0.4) is 0 Å². The Labute approximate surface area is 99.4 Å². The predicted molar refractivity (Wildman–Crippen MR) is 65.7 cm³/mol. The van der Waals surface area contributed by atoms with Crippen molar-refractivity contribution in [2.45, 2.75) is 26.7 Å². The summed E-state index contributed by atoms with van der Waals surface area (Å²) in [5.41, 5.74) is 3.33. The number of hydrogen-bond donors (Lipinski definition) is 1. The Hall–Kier alpha value is -0.540. The van der Waals surface area contributed by atoms with E-state index >= 15 is 0 Å². The molecule has 0 bridgehead atoms. The molecule has 0 radical (unpaired) electrons. The van der Waals surface area contributed by atoms with Crippen molar-refractivity contribution in [3.8, 4) is 5.75 Å². The van der Waals surface area contributed by atoms with Crippen molar-refractivity contribution in [3.63, 3.8) is 0 Å². The highest BCUT2D eigenvalue weighted by Gasteiger charge is 2.16. The molecule has 0 aliphatic rings. The average Bonchev–Trinajstić information content (AvgIpc) is 2.24. The van der Waals surface area contributed by atoms with Crippen molar-refractivity contribution < 1.29 is 9.84 Å². The Bertz CT molecular complexity index is 361. The van der Waals surface area contributed by atoms with Gasteiger partial charge in [-0.2, -0.15) is 0 Å². The van der Waals surface area contributed by atoms with Crippen LogP contribution in [-0.2, 0) is 0 Å². The van der Waals surface area contributed by atoms with E-state index in [-0.39, 0.29) is 12.5 Å². The number of rotatable bonds is 3. The van der Waals surface area contributed by atoms with Gasteiger partial charge in [0.15, 0.2) is 0 Å². The van der Waals surface area contributed by atoms with Gasteiger partial charge in [0.1, 0.15) is 5.75 Å². The number of ether oxygens (including phenoxy) is 1. The first kappa shape index (κ1) is 12.5. The molecule has 0 amide bonds. The summed E-state index contributed by atoms with van der Waals surface area (Å²) in [5.74, 6) is 0.972. The van der Waals surface area contributed by atoms with Gasteiger partial charge in [-0.3, -0.25) is 0 Å². The SMILES string of the molecule is COc1c(C(C)CO)cc(C)c(Br)c1C. The maximum Gasteiger partial charge on any atom is 0.126 e. The van der Waals surface area contributed by atoms with Crippen molar-refractivity contribution >= 4 is 15.9 Å². The summed E-state index contributed by atoms with van der Waals surface area (Å²) in [4.78, 5) is 0. The largest absolute Gasteiger partial charge is 0.496 e. The molecule has 1 aromatic carbocycles. The normalized spacial score (nSPS) is 12.7. The first-order chi connectivity index (χ1) is 7.02. The Kier molecular flexibility index (Phi) is 4.17. The molecule has 15 heavy (non-hydrogen) atoms. The summed E-state index contributed by atoms with van der Waals surface area (Å²) in [7, 11) is 1.66. The van der Waals surface area contributed by atoms with Crippen molar-refractivity contribution in [2.75, 3.05) is 13.7 Å². The first-order valence-electron chi connectivity index (χ1n) is 4.97. The van der Waals surface area contributed by atoms with Crippen molar-refractivity contribution in [1.29, 1.82) is 0 Å². The summed E-state index contributed by atoms with van der Waals surface area (Å²) in [6, 6.07) is 2.07. The number of methoxy groups -OCH3 is 1. The molecule has 3 heteroatoms. The molecule has 1 rings (SSSR count). The fourth-order valence-electron chi connectivity index (χ4n) is 1.71. The lowest BCUT2D eigenvalue weighted by Gasteiger charge is -2.18. The zero-order chi connectivity index (χ0) is 11.6. The van der Waals surface area contributed by atoms with E-state index in [9.17, 15) is 5.11 Å². The van der Waals surface area contributed by atoms with E-state index in [4.69, 9.17) is 4.74 Å². The van der Waals surface area contributed by atoms with Crippen LogP contribution in [0.5, 0.6) is 5.75 Å². The van der Waals surface area contributed by atoms with Gasteiger partial charge < -0.3 is 9.84 Å². The molecule has 0 aliphatic heterocycles. The zero-order valence-corrected chi connectivity index (χ0v) is 11.2. The third kappa shape index (κ3) is 2.34. The van der Waals surface area contributed by atoms with Crippen molar-refractivity contribution in [2.24, 2.45) is 0 Å². The number of hydrogen-bond acceptors (Lipinski definition) is 2. The molecule has 0 spiro atoms. The summed E-state index contributed by atoms with van der Waals surface area (Å²) in [6.07, 6.45) is 0. The molecule has 1 N–H and O–H groups in total. The fraction of sp³-hybridized carbons (Fsp3) is 0.500. The maximum atomic E-state index is 9.19. The van der Waals surface area contributed by atoms with Gasteiger partial charge in [0.25, 0.3) is 0 Å². The summed E-state index contributed by atoms with van der Waals surface area (Å²) in [5, 5.41) is 9.19. The summed E-state index contributed by atoms with van der Waals surface area (Å²) < 4.78 is 6.47. The molecule has 0 heterocycles. The monoisotopic (exact) mass is 272 g/mol. The number of aliphatic hydroxyl groups excluding tert-OH is 1. The second-order valence-corrected chi connectivity index (χ2v) is 4.63. The molecule has 0 fully saturated rings. The minimum absolute atomic E-state index is 0.102. The quantitative estimate of drug-likeness (QED) is 0.916. The molecular weight excluding hydrogens is 256 g/mol. The molecular formula is C12H17BrO2. The van der Waals surface area contributed by atoms with Crippen LogP contribution < -0.4 is 4.74 Å². The van der Waals surface area contributed by atoms with Gasteiger partial charge in [0.2, 0.25) is 0 Å². The minimum Gasteiger partial charge on any atom is -0.496 e. The van der Waals surface area contributed by atoms with Gasteiger partial charge in [-0.1, -0.05) is 28.9 Å². The van der Waals surface area contributed by atoms with E-state index in [0.29, 0.717) is 0 Å². The zero-order valence-electron chi connectivity index (χ0n) is 9.60. The Morgan fingerprint density at radius 1 is 1.47 bits per heavy atom. The molecule has 0 saturated carbocycles. The maximum absolute atomic E-state index is 9.19. The average molecular weight is 273 g/mol. The first-order valence-corrected chi connectivity index (χ1v) is 5.76. The minimum atomic E-state index is 0.102. The van der Waals surface area contributed by atoms with Gasteiger partial charge in [-0.25, -0.2) is 0 Å². The second-order valence-electron chi connectivity index (χ2n) is 3.84. The van der Waals surface area contributed by atoms with E-state index in [1.165, 1.54) is 5.56 Å². The van der Waals surface area contributed by atoms with Crippen LogP contribution in [0.15, 0.2) is 10.5 Å². The Morgan fingerprint density at radius 3 is 2.53 bits per heavy atom. The fourth-order valence-corrected chi connectivity index (χ4v) is 2.00. The van der Waals surface area contributed by atoms with E-state index in [0.717, 1.165) is 21.3 Å². The third-order valence-corrected chi connectivity index (χ3v) is 3.88. The van der Waals surface area contributed by atoms with Gasteiger partial charge in [0.05, 0.1) is 7.11 Å². The number of halogens is 1. The van der Waals surface area contributed by atoms with Crippen LogP contribution >= 0.6 is 15.9 Å². The van der Waals surface area contributed by atoms with Crippen LogP contribution in [0.4, 0.5) is 0 Å². The second kappa shape index (κ2) is 4.99. The van der Waals surface area contributed by atoms with E-state index in [2.05, 4.69) is 22.0 Å². The highest BCUT2D eigenvalue weighted by Crippen LogP contribution is 2.36. The van der Waals surface area contributed by atoms with Crippen LogP contribution in [0.2, 0.25) is 0 Å². The molecule has 1 unspecified atom stereocenters. The molecule has 0 aliphatic carbocycles. The Morgan fingerprint density at radius 2 is 2.07 bits per heavy atom. The molecule has 0 aromatic heterocycles. The third-order valence-electron chi connectivity index (χ3n) is 2.66. The van der Waals surface area contributed by atoms with E-state index in [1.54, 1.807) is 7.11 Å².